The minimum Gasteiger partial charge on any atom is -0.493 e. The summed E-state index contributed by atoms with van der Waals surface area (Å²) in [7, 11) is 1.41. The van der Waals surface area contributed by atoms with Gasteiger partial charge in [0.25, 0.3) is 11.1 Å². The molecule has 0 aliphatic carbocycles. The van der Waals surface area contributed by atoms with Gasteiger partial charge in [0.05, 0.1) is 17.0 Å². The van der Waals surface area contributed by atoms with Gasteiger partial charge in [-0.25, -0.2) is 0 Å². The molecule has 0 spiro atoms. The number of halogens is 2. The fourth-order valence-corrected chi connectivity index (χ4v) is 3.98. The molecule has 166 valence electrons. The Morgan fingerprint density at radius 3 is 2.59 bits per heavy atom. The quantitative estimate of drug-likeness (QED) is 0.322. The number of benzene rings is 2. The first-order valence-corrected chi connectivity index (χ1v) is 11.0. The molecule has 1 fully saturated rings. The van der Waals surface area contributed by atoms with Crippen LogP contribution in [0.15, 0.2) is 45.8 Å². The van der Waals surface area contributed by atoms with Crippen molar-refractivity contribution in [2.24, 2.45) is 0 Å². The Balaban J connectivity index is 1.72. The number of nitrogens with one attached hydrogen (secondary N) is 1. The lowest BCUT2D eigenvalue weighted by Gasteiger charge is -2.13. The Morgan fingerprint density at radius 2 is 1.94 bits per heavy atom. The van der Waals surface area contributed by atoms with Gasteiger partial charge in [0.15, 0.2) is 11.5 Å². The van der Waals surface area contributed by atoms with Crippen LogP contribution in [0.2, 0.25) is 5.02 Å². The second-order valence-corrected chi connectivity index (χ2v) is 8.70. The third-order valence-electron chi connectivity index (χ3n) is 4.12. The van der Waals surface area contributed by atoms with E-state index < -0.39 is 29.6 Å². The lowest BCUT2D eigenvalue weighted by atomic mass is 10.2. The molecule has 1 N–H and O–H groups in total. The molecule has 1 aliphatic rings. The zero-order valence-corrected chi connectivity index (χ0v) is 20.0. The number of methoxy groups -OCH3 is 1. The first-order valence-electron chi connectivity index (χ1n) is 9.04. The van der Waals surface area contributed by atoms with Gasteiger partial charge in [-0.3, -0.25) is 24.1 Å². The second-order valence-electron chi connectivity index (χ2n) is 6.45. The maximum atomic E-state index is 12.7. The van der Waals surface area contributed by atoms with Crippen molar-refractivity contribution in [3.8, 4) is 11.5 Å². The van der Waals surface area contributed by atoms with Crippen LogP contribution in [0, 0.1) is 0 Å². The van der Waals surface area contributed by atoms with Crippen LogP contribution in [-0.2, 0) is 14.4 Å². The summed E-state index contributed by atoms with van der Waals surface area (Å²) in [6, 6.07) is 9.54. The summed E-state index contributed by atoms with van der Waals surface area (Å²) >= 11 is 9.99. The van der Waals surface area contributed by atoms with Gasteiger partial charge >= 0.3 is 5.97 Å². The van der Waals surface area contributed by atoms with E-state index >= 15 is 0 Å². The monoisotopic (exact) mass is 538 g/mol. The number of carbonyl (C=O) groups is 4. The topological polar surface area (TPSA) is 102 Å². The van der Waals surface area contributed by atoms with Gasteiger partial charge < -0.3 is 14.8 Å². The SMILES string of the molecule is COc1cc(/C=C2\SC(=O)N(CC(=O)Nc3ccc(Br)c(Cl)c3)C2=O)ccc1OC(C)=O. The Kier molecular flexibility index (Phi) is 7.60. The molecule has 11 heteroatoms. The molecule has 1 heterocycles. The number of hydrogen-bond donors (Lipinski definition) is 1. The maximum absolute atomic E-state index is 12.7. The van der Waals surface area contributed by atoms with Gasteiger partial charge in [0.1, 0.15) is 6.54 Å². The minimum absolute atomic E-state index is 0.150. The third kappa shape index (κ3) is 5.70. The Bertz CT molecular complexity index is 1150. The number of nitrogens with zero attached hydrogens (tertiary/aromatic N) is 1. The fraction of sp³-hybridized carbons (Fsp3) is 0.143. The lowest BCUT2D eigenvalue weighted by molar-refractivity contribution is -0.132. The number of imide groups is 1. The minimum atomic E-state index is -0.591. The van der Waals surface area contributed by atoms with E-state index in [0.717, 1.165) is 16.7 Å². The zero-order valence-electron chi connectivity index (χ0n) is 16.8. The van der Waals surface area contributed by atoms with Crippen LogP contribution in [0.1, 0.15) is 12.5 Å². The van der Waals surface area contributed by atoms with Crippen LogP contribution in [0.4, 0.5) is 10.5 Å². The highest BCUT2D eigenvalue weighted by Crippen LogP contribution is 2.34. The highest BCUT2D eigenvalue weighted by atomic mass is 79.9. The van der Waals surface area contributed by atoms with Gasteiger partial charge in [-0.15, -0.1) is 0 Å². The van der Waals surface area contributed by atoms with Crippen LogP contribution in [-0.4, -0.2) is 41.6 Å². The van der Waals surface area contributed by atoms with Crippen LogP contribution in [0.5, 0.6) is 11.5 Å². The molecule has 0 unspecified atom stereocenters. The number of anilines is 1. The average Bonchev–Trinajstić information content (AvgIpc) is 2.98. The predicted octanol–water partition coefficient (Wildman–Crippen LogP) is 4.71. The summed E-state index contributed by atoms with van der Waals surface area (Å²) < 4.78 is 10.9. The first kappa shape index (κ1) is 23.8. The summed E-state index contributed by atoms with van der Waals surface area (Å²) in [6.07, 6.45) is 1.50. The molecule has 32 heavy (non-hydrogen) atoms. The molecule has 0 aromatic heterocycles. The van der Waals surface area contributed by atoms with E-state index in [4.69, 9.17) is 21.1 Å². The van der Waals surface area contributed by atoms with E-state index in [0.29, 0.717) is 26.5 Å². The van der Waals surface area contributed by atoms with Crippen LogP contribution in [0.3, 0.4) is 0 Å². The highest BCUT2D eigenvalue weighted by Gasteiger charge is 2.36. The fourth-order valence-electron chi connectivity index (χ4n) is 2.72. The van der Waals surface area contributed by atoms with E-state index in [2.05, 4.69) is 21.2 Å². The van der Waals surface area contributed by atoms with Gasteiger partial charge in [0, 0.05) is 17.1 Å². The highest BCUT2D eigenvalue weighted by molar-refractivity contribution is 9.10. The number of ether oxygens (including phenoxy) is 2. The van der Waals surface area contributed by atoms with Crippen molar-refractivity contribution in [1.82, 2.24) is 4.90 Å². The van der Waals surface area contributed by atoms with Gasteiger partial charge in [-0.1, -0.05) is 17.7 Å². The van der Waals surface area contributed by atoms with Crippen LogP contribution < -0.4 is 14.8 Å². The molecule has 3 rings (SSSR count). The van der Waals surface area contributed by atoms with Gasteiger partial charge in [-0.05, 0) is 69.7 Å². The van der Waals surface area contributed by atoms with Crippen molar-refractivity contribution in [3.05, 3.63) is 56.4 Å². The third-order valence-corrected chi connectivity index (χ3v) is 6.26. The molecule has 1 aliphatic heterocycles. The molecule has 0 bridgehead atoms. The van der Waals surface area contributed by atoms with Crippen LogP contribution in [0.25, 0.3) is 6.08 Å². The Labute approximate surface area is 201 Å². The predicted molar refractivity (Wildman–Crippen MR) is 125 cm³/mol. The zero-order chi connectivity index (χ0) is 23.4. The number of esters is 1. The summed E-state index contributed by atoms with van der Waals surface area (Å²) in [5, 5.41) is 2.45. The molecule has 8 nitrogen and oxygen atoms in total. The number of carbonyl (C=O) groups excluding carboxylic acids is 4. The first-order chi connectivity index (χ1) is 15.2. The van der Waals surface area contributed by atoms with E-state index in [1.165, 1.54) is 26.2 Å². The Hall–Kier alpha value is -2.82. The van der Waals surface area contributed by atoms with Crippen molar-refractivity contribution < 1.29 is 28.7 Å². The second kappa shape index (κ2) is 10.2. The van der Waals surface area contributed by atoms with Crippen molar-refractivity contribution in [1.29, 1.82) is 0 Å². The number of thioether (sulfide) groups is 1. The molecule has 0 atom stereocenters. The molecular weight excluding hydrogens is 524 g/mol. The van der Waals surface area contributed by atoms with E-state index in [1.54, 1.807) is 30.3 Å². The van der Waals surface area contributed by atoms with Crippen molar-refractivity contribution in [3.63, 3.8) is 0 Å². The largest absolute Gasteiger partial charge is 0.493 e. The molecule has 2 aromatic rings. The van der Waals surface area contributed by atoms with Gasteiger partial charge in [-0.2, -0.15) is 0 Å². The van der Waals surface area contributed by atoms with E-state index in [-0.39, 0.29) is 10.7 Å². The smallest absolute Gasteiger partial charge is 0.308 e. The number of hydrogen-bond acceptors (Lipinski definition) is 7. The molecule has 0 radical (unpaired) electrons. The summed E-state index contributed by atoms with van der Waals surface area (Å²) in [5.74, 6) is -1.11. The summed E-state index contributed by atoms with van der Waals surface area (Å²) in [4.78, 5) is 49.5. The molecule has 2 aromatic carbocycles. The molecule has 1 saturated heterocycles. The number of amides is 3. The molecule has 3 amide bonds. The summed E-state index contributed by atoms with van der Waals surface area (Å²) in [6.45, 7) is 0.829. The maximum Gasteiger partial charge on any atom is 0.308 e. The molecular formula is C21H16BrClN2O6S. The normalized spacial score (nSPS) is 14.6. The summed E-state index contributed by atoms with van der Waals surface area (Å²) in [5.41, 5.74) is 0.989. The van der Waals surface area contributed by atoms with Crippen molar-refractivity contribution in [2.75, 3.05) is 19.0 Å². The average molecular weight is 540 g/mol. The van der Waals surface area contributed by atoms with Crippen molar-refractivity contribution >= 4 is 74.1 Å². The number of rotatable bonds is 6. The molecule has 0 saturated carbocycles. The lowest BCUT2D eigenvalue weighted by Crippen LogP contribution is -2.36. The van der Waals surface area contributed by atoms with Gasteiger partial charge in [0.2, 0.25) is 5.91 Å². The van der Waals surface area contributed by atoms with Crippen molar-refractivity contribution in [2.45, 2.75) is 6.92 Å². The standard InChI is InChI=1S/C21H16BrClN2O6S/c1-11(26)31-16-6-3-12(7-17(16)30-2)8-18-20(28)25(21(29)32-18)10-19(27)24-13-4-5-14(22)15(23)9-13/h3-9H,10H2,1-2H3,(H,24,27)/b18-8-. The Morgan fingerprint density at radius 1 is 1.19 bits per heavy atom. The van der Waals surface area contributed by atoms with Crippen LogP contribution >= 0.6 is 39.3 Å². The van der Waals surface area contributed by atoms with E-state index in [1.807, 2.05) is 0 Å². The van der Waals surface area contributed by atoms with E-state index in [9.17, 15) is 19.2 Å².